The molecule has 0 bridgehead atoms. The molecule has 0 amide bonds. The first-order chi connectivity index (χ1) is 15.2. The van der Waals surface area contributed by atoms with Gasteiger partial charge >= 0.3 is 0 Å². The van der Waals surface area contributed by atoms with Crippen LogP contribution in [-0.4, -0.2) is 50.4 Å². The largest absolute Gasteiger partial charge is 0.489 e. The molecular formula is C23H27Cl2FN2O3S. The van der Waals surface area contributed by atoms with Crippen molar-refractivity contribution >= 4 is 33.2 Å². The third kappa shape index (κ3) is 5.23. The second kappa shape index (κ2) is 9.85. The molecule has 0 unspecified atom stereocenters. The molecule has 2 fully saturated rings. The Morgan fingerprint density at radius 1 is 1.16 bits per heavy atom. The second-order valence-electron chi connectivity index (χ2n) is 8.65. The molecule has 0 atom stereocenters. The summed E-state index contributed by atoms with van der Waals surface area (Å²) in [6.07, 6.45) is 3.97. The molecule has 5 nitrogen and oxygen atoms in total. The molecule has 2 aromatic rings. The van der Waals surface area contributed by atoms with E-state index in [1.807, 2.05) is 18.2 Å². The van der Waals surface area contributed by atoms with Crippen LogP contribution >= 0.6 is 23.2 Å². The first-order valence-corrected chi connectivity index (χ1v) is 13.0. The highest BCUT2D eigenvalue weighted by Gasteiger charge is 2.35. The highest BCUT2D eigenvalue weighted by atomic mass is 35.5. The van der Waals surface area contributed by atoms with Gasteiger partial charge in [-0.3, -0.25) is 4.90 Å². The summed E-state index contributed by atoms with van der Waals surface area (Å²) in [6.45, 7) is 3.40. The summed E-state index contributed by atoms with van der Waals surface area (Å²) >= 11 is 12.4. The molecule has 1 saturated carbocycles. The number of likely N-dealkylation sites (tertiary alicyclic amines) is 1. The summed E-state index contributed by atoms with van der Waals surface area (Å²) in [4.78, 5) is 2.38. The Labute approximate surface area is 199 Å². The Morgan fingerprint density at radius 3 is 2.56 bits per heavy atom. The topological polar surface area (TPSA) is 49.9 Å². The van der Waals surface area contributed by atoms with E-state index in [1.165, 1.54) is 30.3 Å². The molecule has 174 valence electrons. The zero-order valence-corrected chi connectivity index (χ0v) is 20.3. The number of sulfonamides is 1. The Balaban J connectivity index is 1.31. The van der Waals surface area contributed by atoms with E-state index in [0.717, 1.165) is 50.2 Å². The third-order valence-corrected chi connectivity index (χ3v) is 8.77. The average Bonchev–Trinajstić information content (AvgIpc) is 3.24. The lowest BCUT2D eigenvalue weighted by Crippen LogP contribution is -2.41. The third-order valence-electron chi connectivity index (χ3n) is 6.24. The molecular weight excluding hydrogens is 474 g/mol. The molecule has 9 heteroatoms. The molecule has 2 aliphatic rings. The summed E-state index contributed by atoms with van der Waals surface area (Å²) in [5.74, 6) is 0.228. The van der Waals surface area contributed by atoms with Crippen LogP contribution in [0.4, 0.5) is 4.39 Å². The van der Waals surface area contributed by atoms with E-state index in [-0.39, 0.29) is 21.9 Å². The Hall–Kier alpha value is -1.38. The standard InChI is InChI=1S/C23H27Cl2FN2O3S/c1-27(32(29,30)19-7-8-21(26)20(24)13-19)14-16-11-18(12-16)31-22-6-4-5-17(23(22)25)15-28-9-2-3-10-28/h4-8,13,16,18H,2-3,9-12,14-15H2,1H3. The fraction of sp³-hybridized carbons (Fsp3) is 0.478. The van der Waals surface area contributed by atoms with E-state index >= 15 is 0 Å². The fourth-order valence-electron chi connectivity index (χ4n) is 4.33. The van der Waals surface area contributed by atoms with Gasteiger partial charge in [0.05, 0.1) is 21.0 Å². The van der Waals surface area contributed by atoms with Crippen molar-refractivity contribution in [3.05, 3.63) is 57.8 Å². The van der Waals surface area contributed by atoms with E-state index < -0.39 is 15.8 Å². The van der Waals surface area contributed by atoms with Gasteiger partial charge in [0.25, 0.3) is 0 Å². The van der Waals surface area contributed by atoms with Crippen molar-refractivity contribution in [3.8, 4) is 5.75 Å². The van der Waals surface area contributed by atoms with Crippen molar-refractivity contribution in [2.24, 2.45) is 5.92 Å². The maximum Gasteiger partial charge on any atom is 0.242 e. The van der Waals surface area contributed by atoms with Crippen LogP contribution in [0.2, 0.25) is 10.0 Å². The van der Waals surface area contributed by atoms with Crippen LogP contribution in [0.25, 0.3) is 0 Å². The number of ether oxygens (including phenoxy) is 1. The fourth-order valence-corrected chi connectivity index (χ4v) is 6.08. The van der Waals surface area contributed by atoms with E-state index in [1.54, 1.807) is 0 Å². The van der Waals surface area contributed by atoms with Crippen molar-refractivity contribution in [1.82, 2.24) is 9.21 Å². The number of hydrogen-bond acceptors (Lipinski definition) is 4. The number of hydrogen-bond donors (Lipinski definition) is 0. The lowest BCUT2D eigenvalue weighted by Gasteiger charge is -2.37. The molecule has 1 aliphatic heterocycles. The van der Waals surface area contributed by atoms with Crippen LogP contribution < -0.4 is 4.74 Å². The Bertz CT molecular complexity index is 1070. The summed E-state index contributed by atoms with van der Waals surface area (Å²) < 4.78 is 46.3. The van der Waals surface area contributed by atoms with Crippen LogP contribution in [0.15, 0.2) is 41.3 Å². The van der Waals surface area contributed by atoms with E-state index in [4.69, 9.17) is 27.9 Å². The molecule has 1 aliphatic carbocycles. The number of nitrogens with zero attached hydrogens (tertiary/aromatic N) is 2. The molecule has 1 saturated heterocycles. The summed E-state index contributed by atoms with van der Waals surface area (Å²) in [5.41, 5.74) is 1.07. The van der Waals surface area contributed by atoms with Gasteiger partial charge in [-0.2, -0.15) is 0 Å². The van der Waals surface area contributed by atoms with Gasteiger partial charge in [0.2, 0.25) is 10.0 Å². The molecule has 0 radical (unpaired) electrons. The van der Waals surface area contributed by atoms with Crippen LogP contribution in [0.1, 0.15) is 31.2 Å². The highest BCUT2D eigenvalue weighted by molar-refractivity contribution is 7.89. The summed E-state index contributed by atoms with van der Waals surface area (Å²) in [6, 6.07) is 9.34. The van der Waals surface area contributed by atoms with Crippen molar-refractivity contribution in [1.29, 1.82) is 0 Å². The van der Waals surface area contributed by atoms with Gasteiger partial charge in [-0.15, -0.1) is 0 Å². The van der Waals surface area contributed by atoms with Gasteiger partial charge in [0.15, 0.2) is 0 Å². The normalized spacial score (nSPS) is 21.7. The molecule has 0 spiro atoms. The van der Waals surface area contributed by atoms with Gasteiger partial charge in [0.1, 0.15) is 11.6 Å². The number of benzene rings is 2. The van der Waals surface area contributed by atoms with Crippen molar-refractivity contribution in [3.63, 3.8) is 0 Å². The summed E-state index contributed by atoms with van der Waals surface area (Å²) in [5, 5.41) is 0.455. The van der Waals surface area contributed by atoms with Crippen LogP contribution in [0, 0.1) is 11.7 Å². The second-order valence-corrected chi connectivity index (χ2v) is 11.5. The Morgan fingerprint density at radius 2 is 1.88 bits per heavy atom. The van der Waals surface area contributed by atoms with Gasteiger partial charge in [0, 0.05) is 20.1 Å². The monoisotopic (exact) mass is 500 g/mol. The first-order valence-electron chi connectivity index (χ1n) is 10.8. The lowest BCUT2D eigenvalue weighted by atomic mass is 9.82. The quantitative estimate of drug-likeness (QED) is 0.499. The van der Waals surface area contributed by atoms with Crippen molar-refractivity contribution < 1.29 is 17.5 Å². The highest BCUT2D eigenvalue weighted by Crippen LogP contribution is 2.37. The first kappa shape index (κ1) is 23.8. The van der Waals surface area contributed by atoms with Crippen LogP contribution in [0.3, 0.4) is 0 Å². The minimum atomic E-state index is -3.73. The lowest BCUT2D eigenvalue weighted by molar-refractivity contribution is 0.0575. The summed E-state index contributed by atoms with van der Waals surface area (Å²) in [7, 11) is -2.21. The van der Waals surface area contributed by atoms with E-state index in [9.17, 15) is 12.8 Å². The number of rotatable bonds is 8. The maximum absolute atomic E-state index is 13.4. The maximum atomic E-state index is 13.4. The van der Waals surface area contributed by atoms with Crippen molar-refractivity contribution in [2.75, 3.05) is 26.7 Å². The molecule has 1 heterocycles. The minimum absolute atomic E-state index is 0.0101. The minimum Gasteiger partial charge on any atom is -0.489 e. The molecule has 0 aromatic heterocycles. The zero-order valence-electron chi connectivity index (χ0n) is 17.9. The van der Waals surface area contributed by atoms with Gasteiger partial charge in [-0.1, -0.05) is 35.3 Å². The smallest absolute Gasteiger partial charge is 0.242 e. The molecule has 32 heavy (non-hydrogen) atoms. The molecule has 4 rings (SSSR count). The van der Waals surface area contributed by atoms with Crippen LogP contribution in [0.5, 0.6) is 5.75 Å². The SMILES string of the molecule is CN(CC1CC(Oc2cccc(CN3CCCC3)c2Cl)C1)S(=O)(=O)c1ccc(F)c(Cl)c1. The predicted octanol–water partition coefficient (Wildman–Crippen LogP) is 5.21. The number of halogens is 3. The van der Waals surface area contributed by atoms with E-state index in [2.05, 4.69) is 4.90 Å². The van der Waals surface area contributed by atoms with Gasteiger partial charge in [-0.05, 0) is 74.5 Å². The predicted molar refractivity (Wildman–Crippen MR) is 124 cm³/mol. The van der Waals surface area contributed by atoms with Crippen LogP contribution in [-0.2, 0) is 16.6 Å². The van der Waals surface area contributed by atoms with Gasteiger partial charge < -0.3 is 4.74 Å². The average molecular weight is 501 g/mol. The van der Waals surface area contributed by atoms with Crippen molar-refractivity contribution in [2.45, 2.75) is 43.2 Å². The zero-order chi connectivity index (χ0) is 22.9. The molecule has 2 aromatic carbocycles. The van der Waals surface area contributed by atoms with E-state index in [0.29, 0.717) is 17.3 Å². The Kier molecular flexibility index (Phi) is 7.32. The molecule has 0 N–H and O–H groups in total. The van der Waals surface area contributed by atoms with Gasteiger partial charge in [-0.25, -0.2) is 17.1 Å².